The van der Waals surface area contributed by atoms with E-state index >= 15 is 0 Å². The standard InChI is InChI=1S/C27H54N4O4Si3/c1-11-13-15-23(12-2)21-29-27(33)30-24-17-16-22(3)25(20-24)31-26(32)28-18-14-19-38(10,34-36(4,5)6)35-37(7,8)9/h16-17,20,23H,11-15,18-19,21H2,1-10H3,(H2,28,31,32)(H2,29,30,33). The van der Waals surface area contributed by atoms with Gasteiger partial charge >= 0.3 is 20.6 Å². The average molecular weight is 583 g/mol. The first kappa shape index (κ1) is 34.4. The van der Waals surface area contributed by atoms with Crippen molar-refractivity contribution in [2.24, 2.45) is 5.92 Å². The fourth-order valence-corrected chi connectivity index (χ4v) is 16.9. The first-order valence-electron chi connectivity index (χ1n) is 14.2. The molecule has 8 nitrogen and oxygen atoms in total. The number of hydrogen-bond donors (Lipinski definition) is 4. The van der Waals surface area contributed by atoms with Crippen LogP contribution < -0.4 is 21.3 Å². The third-order valence-electron chi connectivity index (χ3n) is 5.98. The third-order valence-corrected chi connectivity index (χ3v) is 15.6. The van der Waals surface area contributed by atoms with E-state index < -0.39 is 25.2 Å². The number of rotatable bonds is 16. The summed E-state index contributed by atoms with van der Waals surface area (Å²) in [7, 11) is -5.80. The lowest BCUT2D eigenvalue weighted by atomic mass is 9.99. The molecule has 0 radical (unpaired) electrons. The lowest BCUT2D eigenvalue weighted by molar-refractivity contribution is 0.249. The Labute approximate surface area is 234 Å². The minimum atomic E-state index is -2.32. The van der Waals surface area contributed by atoms with Crippen LogP contribution in [0.25, 0.3) is 0 Å². The van der Waals surface area contributed by atoms with E-state index in [0.29, 0.717) is 30.4 Å². The van der Waals surface area contributed by atoms with Gasteiger partial charge in [-0.1, -0.05) is 39.2 Å². The molecular weight excluding hydrogens is 529 g/mol. The van der Waals surface area contributed by atoms with Gasteiger partial charge in [-0.25, -0.2) is 9.59 Å². The molecule has 0 spiro atoms. The number of hydrogen-bond acceptors (Lipinski definition) is 4. The Bertz CT molecular complexity index is 872. The summed E-state index contributed by atoms with van der Waals surface area (Å²) in [5.74, 6) is 0.490. The molecule has 0 aromatic heterocycles. The molecule has 1 atom stereocenters. The molecule has 1 aromatic rings. The first-order valence-corrected chi connectivity index (χ1v) is 23.5. The van der Waals surface area contributed by atoms with Crippen LogP contribution >= 0.6 is 0 Å². The monoisotopic (exact) mass is 582 g/mol. The van der Waals surface area contributed by atoms with E-state index in [1.165, 1.54) is 6.42 Å². The highest BCUT2D eigenvalue weighted by Gasteiger charge is 2.39. The van der Waals surface area contributed by atoms with Gasteiger partial charge in [0.05, 0.1) is 0 Å². The van der Waals surface area contributed by atoms with Crippen molar-refractivity contribution in [2.45, 2.75) is 105 Å². The molecule has 0 aliphatic carbocycles. The topological polar surface area (TPSA) is 101 Å². The summed E-state index contributed by atoms with van der Waals surface area (Å²) in [6.07, 6.45) is 5.31. The third kappa shape index (κ3) is 15.1. The number of urea groups is 2. The fourth-order valence-electron chi connectivity index (χ4n) is 4.39. The first-order chi connectivity index (χ1) is 17.6. The summed E-state index contributed by atoms with van der Waals surface area (Å²) in [5.41, 5.74) is 2.22. The number of amides is 4. The second-order valence-electron chi connectivity index (χ2n) is 12.3. The van der Waals surface area contributed by atoms with Crippen LogP contribution in [0.4, 0.5) is 21.0 Å². The van der Waals surface area contributed by atoms with Crippen molar-refractivity contribution in [3.63, 3.8) is 0 Å². The molecule has 0 aliphatic heterocycles. The largest absolute Gasteiger partial charge is 0.437 e. The molecular formula is C27H54N4O4Si3. The lowest BCUT2D eigenvalue weighted by Gasteiger charge is -2.38. The van der Waals surface area contributed by atoms with Crippen LogP contribution in [-0.4, -0.2) is 50.3 Å². The zero-order valence-electron chi connectivity index (χ0n) is 25.6. The molecule has 4 amide bonds. The molecule has 1 aromatic carbocycles. The van der Waals surface area contributed by atoms with Gasteiger partial charge in [-0.15, -0.1) is 0 Å². The van der Waals surface area contributed by atoms with Crippen LogP contribution in [0.15, 0.2) is 18.2 Å². The number of carbonyl (C=O) groups is 2. The number of unbranched alkanes of at least 4 members (excludes halogenated alkanes) is 1. The lowest BCUT2D eigenvalue weighted by Crippen LogP contribution is -2.52. The van der Waals surface area contributed by atoms with Crippen molar-refractivity contribution >= 4 is 48.6 Å². The van der Waals surface area contributed by atoms with Crippen molar-refractivity contribution in [1.82, 2.24) is 10.6 Å². The summed E-state index contributed by atoms with van der Waals surface area (Å²) in [4.78, 5) is 25.0. The Morgan fingerprint density at radius 2 is 1.47 bits per heavy atom. The summed E-state index contributed by atoms with van der Waals surface area (Å²) in [6, 6.07) is 5.86. The maximum atomic E-state index is 12.6. The number of benzene rings is 1. The van der Waals surface area contributed by atoms with Gasteiger partial charge in [0, 0.05) is 24.5 Å². The molecule has 0 fully saturated rings. The predicted octanol–water partition coefficient (Wildman–Crippen LogP) is 7.62. The summed E-state index contributed by atoms with van der Waals surface area (Å²) in [6.45, 7) is 22.8. The van der Waals surface area contributed by atoms with E-state index in [1.807, 2.05) is 19.1 Å². The Balaban J connectivity index is 2.61. The quantitative estimate of drug-likeness (QED) is 0.119. The summed E-state index contributed by atoms with van der Waals surface area (Å²) >= 11 is 0. The van der Waals surface area contributed by atoms with Crippen molar-refractivity contribution in [3.8, 4) is 0 Å². The predicted molar refractivity (Wildman–Crippen MR) is 168 cm³/mol. The SMILES string of the molecule is CCCCC(CC)CNC(=O)Nc1ccc(C)c(NC(=O)NCCC[Si](C)(O[Si](C)(C)C)O[Si](C)(C)C)c1. The molecule has 11 heteroatoms. The molecule has 0 bridgehead atoms. The molecule has 4 N–H and O–H groups in total. The maximum absolute atomic E-state index is 12.6. The fraction of sp³-hybridized carbons (Fsp3) is 0.704. The molecule has 0 saturated carbocycles. The van der Waals surface area contributed by atoms with Gasteiger partial charge in [0.25, 0.3) is 0 Å². The van der Waals surface area contributed by atoms with Gasteiger partial charge in [-0.05, 0) is 95.3 Å². The minimum absolute atomic E-state index is 0.229. The van der Waals surface area contributed by atoms with Crippen LogP contribution in [0, 0.1) is 12.8 Å². The van der Waals surface area contributed by atoms with E-state index in [4.69, 9.17) is 8.23 Å². The number of nitrogens with one attached hydrogen (secondary N) is 4. The molecule has 218 valence electrons. The van der Waals surface area contributed by atoms with Crippen LogP contribution in [0.3, 0.4) is 0 Å². The summed E-state index contributed by atoms with van der Waals surface area (Å²) in [5, 5.41) is 11.7. The van der Waals surface area contributed by atoms with Crippen LogP contribution in [0.2, 0.25) is 51.9 Å². The van der Waals surface area contributed by atoms with E-state index in [0.717, 1.165) is 37.3 Å². The van der Waals surface area contributed by atoms with Crippen molar-refractivity contribution in [1.29, 1.82) is 0 Å². The van der Waals surface area contributed by atoms with Gasteiger partial charge in [0.1, 0.15) is 0 Å². The highest BCUT2D eigenvalue weighted by Crippen LogP contribution is 2.25. The smallest absolute Gasteiger partial charge is 0.319 e. The van der Waals surface area contributed by atoms with Crippen molar-refractivity contribution < 1.29 is 17.8 Å². The van der Waals surface area contributed by atoms with Crippen LogP contribution in [0.5, 0.6) is 0 Å². The van der Waals surface area contributed by atoms with E-state index in [9.17, 15) is 9.59 Å². The number of carbonyl (C=O) groups excluding carboxylic acids is 2. The number of aryl methyl sites for hydroxylation is 1. The Kier molecular flexibility index (Phi) is 14.3. The molecule has 1 unspecified atom stereocenters. The van der Waals surface area contributed by atoms with Crippen molar-refractivity contribution in [2.75, 3.05) is 23.7 Å². The molecule has 38 heavy (non-hydrogen) atoms. The molecule has 1 rings (SSSR count). The number of anilines is 2. The van der Waals surface area contributed by atoms with Crippen molar-refractivity contribution in [3.05, 3.63) is 23.8 Å². The molecule has 0 saturated heterocycles. The minimum Gasteiger partial charge on any atom is -0.437 e. The summed E-state index contributed by atoms with van der Waals surface area (Å²) < 4.78 is 13.1. The Morgan fingerprint density at radius 1 is 0.868 bits per heavy atom. The van der Waals surface area contributed by atoms with Gasteiger partial charge in [0.2, 0.25) is 0 Å². The van der Waals surface area contributed by atoms with E-state index in [1.54, 1.807) is 6.07 Å². The van der Waals surface area contributed by atoms with Gasteiger partial charge in [0.15, 0.2) is 16.6 Å². The van der Waals surface area contributed by atoms with Gasteiger partial charge in [-0.2, -0.15) is 0 Å². The van der Waals surface area contributed by atoms with E-state index in [2.05, 4.69) is 80.9 Å². The molecule has 0 heterocycles. The highest BCUT2D eigenvalue weighted by molar-refractivity contribution is 6.87. The Morgan fingerprint density at radius 3 is 2.03 bits per heavy atom. The second kappa shape index (κ2) is 15.8. The van der Waals surface area contributed by atoms with Gasteiger partial charge in [-0.3, -0.25) is 0 Å². The van der Waals surface area contributed by atoms with E-state index in [-0.39, 0.29) is 12.1 Å². The zero-order valence-corrected chi connectivity index (χ0v) is 28.6. The highest BCUT2D eigenvalue weighted by atomic mass is 28.5. The van der Waals surface area contributed by atoms with Crippen LogP contribution in [0.1, 0.15) is 51.5 Å². The average Bonchev–Trinajstić information content (AvgIpc) is 2.76. The second-order valence-corrected chi connectivity index (χ2v) is 25.2. The van der Waals surface area contributed by atoms with Gasteiger partial charge < -0.3 is 29.5 Å². The normalized spacial score (nSPS) is 13.1. The zero-order chi connectivity index (χ0) is 29.0. The Hall–Kier alpha value is -1.67. The molecule has 0 aliphatic rings. The maximum Gasteiger partial charge on any atom is 0.319 e. The van der Waals surface area contributed by atoms with Crippen LogP contribution in [-0.2, 0) is 8.23 Å².